The van der Waals surface area contributed by atoms with Gasteiger partial charge in [0.1, 0.15) is 5.01 Å². The molecule has 3 rings (SSSR count). The summed E-state index contributed by atoms with van der Waals surface area (Å²) in [5.74, 6) is 0. The van der Waals surface area contributed by atoms with Crippen LogP contribution in [0.25, 0.3) is 21.1 Å². The number of thiazole rings is 1. The lowest BCUT2D eigenvalue weighted by Crippen LogP contribution is -2.15. The molecular formula is C17H18N2S2. The third-order valence-electron chi connectivity index (χ3n) is 3.26. The van der Waals surface area contributed by atoms with E-state index in [4.69, 9.17) is 4.98 Å². The van der Waals surface area contributed by atoms with Crippen LogP contribution < -0.4 is 5.32 Å². The highest BCUT2D eigenvalue weighted by Crippen LogP contribution is 2.35. The van der Waals surface area contributed by atoms with E-state index in [1.165, 1.54) is 15.3 Å². The van der Waals surface area contributed by atoms with E-state index in [1.807, 2.05) is 17.4 Å². The molecule has 108 valence electrons. The molecule has 2 aromatic heterocycles. The first kappa shape index (κ1) is 14.4. The van der Waals surface area contributed by atoms with Gasteiger partial charge in [0.15, 0.2) is 0 Å². The van der Waals surface area contributed by atoms with Crippen molar-refractivity contribution in [2.24, 2.45) is 0 Å². The largest absolute Gasteiger partial charge is 0.317 e. The molecule has 4 heteroatoms. The lowest BCUT2D eigenvalue weighted by atomic mass is 10.1. The van der Waals surface area contributed by atoms with Crippen molar-refractivity contribution < 1.29 is 0 Å². The van der Waals surface area contributed by atoms with Gasteiger partial charge < -0.3 is 5.32 Å². The molecule has 0 unspecified atom stereocenters. The number of hydrogen-bond donors (Lipinski definition) is 1. The monoisotopic (exact) mass is 314 g/mol. The Morgan fingerprint density at radius 2 is 1.95 bits per heavy atom. The first-order valence-electron chi connectivity index (χ1n) is 7.18. The lowest BCUT2D eigenvalue weighted by molar-refractivity contribution is 0.721. The Balaban J connectivity index is 1.96. The Bertz CT molecular complexity index is 672. The zero-order valence-electron chi connectivity index (χ0n) is 12.0. The Hall–Kier alpha value is -1.49. The maximum absolute atomic E-state index is 4.90. The molecule has 0 radical (unpaired) electrons. The number of aromatic nitrogens is 1. The van der Waals surface area contributed by atoms with Gasteiger partial charge in [-0.3, -0.25) is 0 Å². The number of thiophene rings is 1. The predicted octanol–water partition coefficient (Wildman–Crippen LogP) is 4.69. The molecule has 0 fully saturated rings. The van der Waals surface area contributed by atoms with Crippen LogP contribution in [-0.2, 0) is 6.42 Å². The molecular weight excluding hydrogens is 296 g/mol. The summed E-state index contributed by atoms with van der Waals surface area (Å²) in [7, 11) is 0. The number of benzene rings is 1. The van der Waals surface area contributed by atoms with Crippen LogP contribution >= 0.6 is 22.7 Å². The second-order valence-corrected chi connectivity index (χ2v) is 6.77. The second kappa shape index (κ2) is 6.98. The van der Waals surface area contributed by atoms with E-state index in [-0.39, 0.29) is 0 Å². The Morgan fingerprint density at radius 3 is 2.67 bits per heavy atom. The Morgan fingerprint density at radius 1 is 1.10 bits per heavy atom. The number of hydrogen-bond acceptors (Lipinski definition) is 4. The highest BCUT2D eigenvalue weighted by atomic mass is 32.1. The van der Waals surface area contributed by atoms with Crippen molar-refractivity contribution in [2.75, 3.05) is 13.1 Å². The van der Waals surface area contributed by atoms with E-state index in [1.54, 1.807) is 11.3 Å². The van der Waals surface area contributed by atoms with Crippen molar-refractivity contribution in [3.8, 4) is 21.1 Å². The van der Waals surface area contributed by atoms with Gasteiger partial charge in [-0.1, -0.05) is 43.3 Å². The summed E-state index contributed by atoms with van der Waals surface area (Å²) < 4.78 is 0. The van der Waals surface area contributed by atoms with Crippen molar-refractivity contribution in [3.63, 3.8) is 0 Å². The summed E-state index contributed by atoms with van der Waals surface area (Å²) in [5.41, 5.74) is 2.35. The molecule has 0 atom stereocenters. The maximum Gasteiger partial charge on any atom is 0.134 e. The highest BCUT2D eigenvalue weighted by molar-refractivity contribution is 7.21. The van der Waals surface area contributed by atoms with Crippen molar-refractivity contribution in [1.82, 2.24) is 10.3 Å². The van der Waals surface area contributed by atoms with E-state index in [9.17, 15) is 0 Å². The number of likely N-dealkylation sites (N-methyl/N-ethyl adjacent to an activating group) is 1. The van der Waals surface area contributed by atoms with Gasteiger partial charge in [0, 0.05) is 17.0 Å². The van der Waals surface area contributed by atoms with Crippen LogP contribution in [0.15, 0.2) is 47.8 Å². The van der Waals surface area contributed by atoms with Gasteiger partial charge in [0.2, 0.25) is 0 Å². The van der Waals surface area contributed by atoms with Crippen molar-refractivity contribution in [2.45, 2.75) is 13.3 Å². The van der Waals surface area contributed by atoms with Crippen LogP contribution in [0.1, 0.15) is 11.8 Å². The normalized spacial score (nSPS) is 10.9. The second-order valence-electron chi connectivity index (χ2n) is 4.74. The van der Waals surface area contributed by atoms with Gasteiger partial charge >= 0.3 is 0 Å². The van der Waals surface area contributed by atoms with Crippen LogP contribution in [0.2, 0.25) is 0 Å². The standard InChI is InChI=1S/C17H18N2S2/c1-2-18-11-10-14-16(13-7-4-3-5-8-13)19-17(21-14)15-9-6-12-20-15/h3-9,12,18H,2,10-11H2,1H3. The van der Waals surface area contributed by atoms with Crippen LogP contribution in [0, 0.1) is 0 Å². The maximum atomic E-state index is 4.90. The molecule has 0 aliphatic rings. The van der Waals surface area contributed by atoms with Gasteiger partial charge in [0.05, 0.1) is 10.6 Å². The molecule has 0 amide bonds. The van der Waals surface area contributed by atoms with Crippen LogP contribution in [0.4, 0.5) is 0 Å². The molecule has 2 nitrogen and oxygen atoms in total. The minimum absolute atomic E-state index is 1.00. The van der Waals surface area contributed by atoms with Crippen LogP contribution in [0.3, 0.4) is 0 Å². The fourth-order valence-corrected chi connectivity index (χ4v) is 4.11. The molecule has 0 saturated heterocycles. The van der Waals surface area contributed by atoms with E-state index in [0.29, 0.717) is 0 Å². The predicted molar refractivity (Wildman–Crippen MR) is 93.1 cm³/mol. The highest BCUT2D eigenvalue weighted by Gasteiger charge is 2.14. The topological polar surface area (TPSA) is 24.9 Å². The minimum atomic E-state index is 1.00. The van der Waals surface area contributed by atoms with Gasteiger partial charge in [-0.15, -0.1) is 22.7 Å². The SMILES string of the molecule is CCNCCc1sc(-c2cccs2)nc1-c1ccccc1. The van der Waals surface area contributed by atoms with E-state index in [0.717, 1.165) is 30.2 Å². The fourth-order valence-electron chi connectivity index (χ4n) is 2.23. The van der Waals surface area contributed by atoms with Crippen molar-refractivity contribution >= 4 is 22.7 Å². The number of nitrogens with one attached hydrogen (secondary N) is 1. The summed E-state index contributed by atoms with van der Waals surface area (Å²) in [6.07, 6.45) is 1.03. The first-order valence-corrected chi connectivity index (χ1v) is 8.88. The molecule has 1 aromatic carbocycles. The number of rotatable bonds is 6. The molecule has 0 aliphatic carbocycles. The minimum Gasteiger partial charge on any atom is -0.317 e. The summed E-state index contributed by atoms with van der Waals surface area (Å²) in [6.45, 7) is 4.15. The van der Waals surface area contributed by atoms with Crippen molar-refractivity contribution in [3.05, 3.63) is 52.7 Å². The number of nitrogens with zero attached hydrogens (tertiary/aromatic N) is 1. The average Bonchev–Trinajstić information content (AvgIpc) is 3.18. The Kier molecular flexibility index (Phi) is 4.80. The van der Waals surface area contributed by atoms with E-state index in [2.05, 4.69) is 54.0 Å². The summed E-state index contributed by atoms with van der Waals surface area (Å²) in [6, 6.07) is 14.7. The molecule has 0 aliphatic heterocycles. The quantitative estimate of drug-likeness (QED) is 0.668. The van der Waals surface area contributed by atoms with Crippen LogP contribution in [-0.4, -0.2) is 18.1 Å². The third-order valence-corrected chi connectivity index (χ3v) is 5.41. The summed E-state index contributed by atoms with van der Waals surface area (Å²) in [4.78, 5) is 7.53. The lowest BCUT2D eigenvalue weighted by Gasteiger charge is -2.03. The van der Waals surface area contributed by atoms with Crippen molar-refractivity contribution in [1.29, 1.82) is 0 Å². The van der Waals surface area contributed by atoms with E-state index < -0.39 is 0 Å². The van der Waals surface area contributed by atoms with Gasteiger partial charge in [0.25, 0.3) is 0 Å². The zero-order chi connectivity index (χ0) is 14.5. The Labute approximate surface area is 133 Å². The van der Waals surface area contributed by atoms with Crippen LogP contribution in [0.5, 0.6) is 0 Å². The van der Waals surface area contributed by atoms with Gasteiger partial charge in [-0.25, -0.2) is 4.98 Å². The fraction of sp³-hybridized carbons (Fsp3) is 0.235. The molecule has 0 bridgehead atoms. The molecule has 3 aromatic rings. The summed E-state index contributed by atoms with van der Waals surface area (Å²) in [5, 5.41) is 6.64. The van der Waals surface area contributed by atoms with Gasteiger partial charge in [-0.2, -0.15) is 0 Å². The zero-order valence-corrected chi connectivity index (χ0v) is 13.6. The molecule has 2 heterocycles. The molecule has 0 saturated carbocycles. The van der Waals surface area contributed by atoms with Gasteiger partial charge in [-0.05, 0) is 24.4 Å². The third kappa shape index (κ3) is 3.40. The molecule has 21 heavy (non-hydrogen) atoms. The molecule has 0 spiro atoms. The first-order chi connectivity index (χ1) is 10.4. The van der Waals surface area contributed by atoms with E-state index >= 15 is 0 Å². The summed E-state index contributed by atoms with van der Waals surface area (Å²) >= 11 is 3.58. The molecule has 1 N–H and O–H groups in total. The smallest absolute Gasteiger partial charge is 0.134 e. The average molecular weight is 314 g/mol.